The second-order valence-electron chi connectivity index (χ2n) is 21.7. The number of aromatic hydroxyl groups is 2. The topological polar surface area (TPSA) is 404 Å². The molecule has 0 unspecified atom stereocenters. The number of carbonyl (C=O) groups excluding carboxylic acids is 8. The molecule has 85 heavy (non-hydrogen) atoms. The lowest BCUT2D eigenvalue weighted by Crippen LogP contribution is -2.62. The number of unbranched alkanes of at least 4 members (excludes halogenated alkanes) is 1. The molecule has 27 heteroatoms. The van der Waals surface area contributed by atoms with E-state index < -0.39 is 112 Å². The van der Waals surface area contributed by atoms with E-state index in [1.807, 2.05) is 39.0 Å². The predicted octanol–water partition coefficient (Wildman–Crippen LogP) is 1.30. The monoisotopic (exact) mass is 1210 g/mol. The lowest BCUT2D eigenvalue weighted by atomic mass is 10.00. The average Bonchev–Trinajstić information content (AvgIpc) is 3.59. The highest BCUT2D eigenvalue weighted by atomic mass is 33.1. The summed E-state index contributed by atoms with van der Waals surface area (Å²) in [5.41, 5.74) is 13.5. The Balaban J connectivity index is 1.43. The van der Waals surface area contributed by atoms with Crippen molar-refractivity contribution in [1.29, 1.82) is 0 Å². The van der Waals surface area contributed by atoms with Crippen LogP contribution < -0.4 is 54.0 Å². The van der Waals surface area contributed by atoms with E-state index in [0.717, 1.165) is 21.6 Å². The molecule has 4 aromatic carbocycles. The van der Waals surface area contributed by atoms with E-state index in [9.17, 15) is 54.2 Å². The van der Waals surface area contributed by atoms with Crippen molar-refractivity contribution >= 4 is 85.4 Å². The van der Waals surface area contributed by atoms with Crippen molar-refractivity contribution < 1.29 is 58.6 Å². The fourth-order valence-electron chi connectivity index (χ4n) is 9.26. The van der Waals surface area contributed by atoms with Crippen LogP contribution in [0.15, 0.2) is 103 Å². The van der Waals surface area contributed by atoms with E-state index in [1.54, 1.807) is 12.3 Å². The number of non-ortho nitro benzene ring substituents is 1. The van der Waals surface area contributed by atoms with Crippen LogP contribution in [0.1, 0.15) is 69.2 Å². The van der Waals surface area contributed by atoms with Crippen molar-refractivity contribution in [3.63, 3.8) is 0 Å². The maximum Gasteiger partial charge on any atom is 0.269 e. The normalized spacial score (nSPS) is 20.7. The number of aromatic nitrogens is 1. The number of hydrogen-bond donors (Lipinski definition) is 14. The van der Waals surface area contributed by atoms with Crippen molar-refractivity contribution in [1.82, 2.24) is 47.5 Å². The fraction of sp³-hybridized carbons (Fsp3) is 0.414. The summed E-state index contributed by atoms with van der Waals surface area (Å²) in [7, 11) is 1.92. The molecule has 2 heterocycles. The van der Waals surface area contributed by atoms with E-state index in [0.29, 0.717) is 46.0 Å². The molecule has 1 saturated heterocycles. The molecule has 0 bridgehead atoms. The molecule has 0 saturated carbocycles. The van der Waals surface area contributed by atoms with Crippen LogP contribution in [0.3, 0.4) is 0 Å². The van der Waals surface area contributed by atoms with Crippen molar-refractivity contribution in [2.24, 2.45) is 11.5 Å². The second-order valence-corrected chi connectivity index (χ2v) is 24.3. The number of benzene rings is 4. The molecule has 5 aromatic rings. The van der Waals surface area contributed by atoms with Crippen LogP contribution in [0.2, 0.25) is 0 Å². The van der Waals surface area contributed by atoms with Crippen LogP contribution in [-0.4, -0.2) is 151 Å². The van der Waals surface area contributed by atoms with Gasteiger partial charge in [-0.25, -0.2) is 0 Å². The molecule has 1 aromatic heterocycles. The van der Waals surface area contributed by atoms with Crippen LogP contribution >= 0.6 is 21.6 Å². The van der Waals surface area contributed by atoms with Crippen molar-refractivity contribution in [2.45, 2.75) is 133 Å². The molecule has 8 amide bonds. The van der Waals surface area contributed by atoms with Crippen LogP contribution in [-0.2, 0) is 64.0 Å². The minimum Gasteiger partial charge on any atom is -0.508 e. The Hall–Kier alpha value is -8.24. The number of nitro groups is 1. The number of carbonyl (C=O) groups is 8. The number of aliphatic hydroxyl groups is 1. The number of aliphatic hydroxyl groups excluding tert-OH is 1. The summed E-state index contributed by atoms with van der Waals surface area (Å²) in [5.74, 6) is -7.85. The Morgan fingerprint density at radius 1 is 0.706 bits per heavy atom. The van der Waals surface area contributed by atoms with Gasteiger partial charge in [0.1, 0.15) is 53.8 Å². The minimum absolute atomic E-state index is 0.000404. The summed E-state index contributed by atoms with van der Waals surface area (Å²) in [4.78, 5) is 130. The number of nitrogens with two attached hydrogens (primary N) is 2. The zero-order chi connectivity index (χ0) is 62.0. The highest BCUT2D eigenvalue weighted by Gasteiger charge is 2.37. The third-order valence-corrected chi connectivity index (χ3v) is 16.2. The van der Waals surface area contributed by atoms with Gasteiger partial charge in [-0.1, -0.05) is 76.2 Å². The van der Waals surface area contributed by atoms with E-state index in [1.165, 1.54) is 79.7 Å². The predicted molar refractivity (Wildman–Crippen MR) is 321 cm³/mol. The number of fused-ring (bicyclic) bond motifs is 1. The molecule has 456 valence electrons. The molecule has 16 N–H and O–H groups in total. The summed E-state index contributed by atoms with van der Waals surface area (Å²) < 4.78 is 0. The smallest absolute Gasteiger partial charge is 0.269 e. The molecule has 25 nitrogen and oxygen atoms in total. The number of nitrogens with zero attached hydrogens (tertiary/aromatic N) is 1. The Morgan fingerprint density at radius 3 is 1.86 bits per heavy atom. The summed E-state index contributed by atoms with van der Waals surface area (Å²) in [5, 5.41) is 65.5. The molecule has 0 radical (unpaired) electrons. The molecule has 1 aliphatic rings. The SMILES string of the molecule is C[C@@H](O)[C@@H]1NC(=O)[C@H](CCCCN)NC(=O)[C@@H](Cc2c[nH]c3ccccc23)NC(=O)[C@H](Cc2ccc(O)cc2)NC(=O)[C@H](NC(=O)[C@H](Cc2ccc([N+](=O)[O-])cc2)NC(C)(C)C)CSSC[C@@H](C(=O)N[C@H](Cc2ccc(O)cc2)C(N)=O)NC1=O. The molecule has 0 spiro atoms. The maximum atomic E-state index is 15.0. The maximum absolute atomic E-state index is 15.0. The van der Waals surface area contributed by atoms with E-state index >= 15 is 9.59 Å². The van der Waals surface area contributed by atoms with Gasteiger partial charge in [-0.15, -0.1) is 0 Å². The number of rotatable bonds is 20. The van der Waals surface area contributed by atoms with Crippen LogP contribution in [0.4, 0.5) is 5.69 Å². The molecule has 1 fully saturated rings. The molecule has 1 aliphatic heterocycles. The van der Waals surface area contributed by atoms with Gasteiger partial charge in [-0.3, -0.25) is 48.5 Å². The number of aromatic amines is 1. The van der Waals surface area contributed by atoms with Gasteiger partial charge in [0.25, 0.3) is 5.69 Å². The quantitative estimate of drug-likeness (QED) is 0.0226. The van der Waals surface area contributed by atoms with Crippen molar-refractivity contribution in [3.8, 4) is 11.5 Å². The number of phenolic OH excluding ortho intramolecular Hbond substituents is 2. The van der Waals surface area contributed by atoms with Gasteiger partial charge in [0.2, 0.25) is 47.3 Å². The zero-order valence-corrected chi connectivity index (χ0v) is 49.1. The minimum atomic E-state index is -1.75. The van der Waals surface area contributed by atoms with Crippen molar-refractivity contribution in [2.75, 3.05) is 18.1 Å². The first-order chi connectivity index (χ1) is 40.4. The second kappa shape index (κ2) is 31.1. The number of nitrogens with one attached hydrogen (secondary N) is 9. The van der Waals surface area contributed by atoms with E-state index in [2.05, 4.69) is 47.5 Å². The molecular weight excluding hydrogens is 1140 g/mol. The van der Waals surface area contributed by atoms with Gasteiger partial charge in [-0.2, -0.15) is 0 Å². The molecular formula is C58H74N12O13S2. The Kier molecular flexibility index (Phi) is 24.1. The number of para-hydroxylation sites is 1. The van der Waals surface area contributed by atoms with Crippen molar-refractivity contribution in [3.05, 3.63) is 136 Å². The van der Waals surface area contributed by atoms with Crippen LogP contribution in [0, 0.1) is 10.1 Å². The Morgan fingerprint density at radius 2 is 1.26 bits per heavy atom. The summed E-state index contributed by atoms with van der Waals surface area (Å²) >= 11 is 0. The number of H-pyrrole nitrogens is 1. The number of primary amides is 1. The first-order valence-electron chi connectivity index (χ1n) is 27.5. The van der Waals surface area contributed by atoms with Crippen LogP contribution in [0.5, 0.6) is 11.5 Å². The lowest BCUT2D eigenvalue weighted by molar-refractivity contribution is -0.384. The summed E-state index contributed by atoms with van der Waals surface area (Å²) in [6.45, 7) is 6.88. The van der Waals surface area contributed by atoms with E-state index in [4.69, 9.17) is 11.5 Å². The fourth-order valence-corrected chi connectivity index (χ4v) is 11.6. The standard InChI is InChI=1S/C58H74N12O13S2/c1-32(71)49-57(81)67-48(55(79)63-43(50(60)74)25-34-14-20-38(72)21-15-34)31-85-84-30-47(66-54(78)46(69-58(2,3)4)27-33-12-18-37(19-13-33)70(82)83)56(80)64-44(26-35-16-22-39(73)23-17-35)52(76)65-45(28-36-29-61-41-10-6-5-9-40(36)41)53(77)62-42(51(75)68-49)11-7-8-24-59/h5-6,9-10,12-23,29,32,42-49,61,69,71-73H,7-8,11,24-28,30-31,59H2,1-4H3,(H2,60,74)(H,62,77)(H,63,79)(H,64,80)(H,65,76)(H,66,78)(H,67,81)(H,68,75)/t32-,42+,43-,44+,45-,46+,47-,48+,49+/m1/s1. The van der Waals surface area contributed by atoms with Gasteiger partial charge in [0, 0.05) is 65.5 Å². The zero-order valence-electron chi connectivity index (χ0n) is 47.4. The highest BCUT2D eigenvalue weighted by Crippen LogP contribution is 2.25. The third kappa shape index (κ3) is 20.2. The van der Waals surface area contributed by atoms with Crippen LogP contribution in [0.25, 0.3) is 10.9 Å². The first-order valence-corrected chi connectivity index (χ1v) is 30.0. The highest BCUT2D eigenvalue weighted by molar-refractivity contribution is 8.76. The van der Waals surface area contributed by atoms with Gasteiger partial charge in [0.15, 0.2) is 0 Å². The third-order valence-electron chi connectivity index (χ3n) is 13.7. The Labute approximate surface area is 498 Å². The number of amides is 8. The number of phenols is 2. The number of hydrogen-bond acceptors (Lipinski definition) is 17. The number of nitro benzene ring substituents is 1. The average molecular weight is 1210 g/mol. The largest absolute Gasteiger partial charge is 0.508 e. The van der Waals surface area contributed by atoms with E-state index in [-0.39, 0.29) is 67.3 Å². The van der Waals surface area contributed by atoms with Gasteiger partial charge >= 0.3 is 0 Å². The molecule has 9 atom stereocenters. The lowest BCUT2D eigenvalue weighted by Gasteiger charge is -2.30. The van der Waals surface area contributed by atoms with Gasteiger partial charge in [-0.05, 0) is 113 Å². The van der Waals surface area contributed by atoms with Gasteiger partial charge in [0.05, 0.1) is 17.1 Å². The Bertz CT molecular complexity index is 3140. The summed E-state index contributed by atoms with van der Waals surface area (Å²) in [6, 6.07) is 12.9. The summed E-state index contributed by atoms with van der Waals surface area (Å²) in [6.07, 6.45) is 0.232. The molecule has 0 aliphatic carbocycles. The first kappa shape index (κ1) is 65.9. The van der Waals surface area contributed by atoms with Gasteiger partial charge < -0.3 is 74.3 Å². The molecule has 6 rings (SSSR count).